The van der Waals surface area contributed by atoms with E-state index in [1.165, 1.54) is 0 Å². The number of aromatic amines is 1. The molecule has 1 N–H and O–H groups in total. The van der Waals surface area contributed by atoms with E-state index in [1.54, 1.807) is 0 Å². The fourth-order valence-electron chi connectivity index (χ4n) is 1.43. The van der Waals surface area contributed by atoms with E-state index < -0.39 is 0 Å². The summed E-state index contributed by atoms with van der Waals surface area (Å²) in [4.78, 5) is 10.6. The van der Waals surface area contributed by atoms with E-state index in [9.17, 15) is 4.79 Å². The molecule has 0 atom stereocenters. The molecule has 0 unspecified atom stereocenters. The number of hydrogen-bond acceptors (Lipinski definition) is 2. The Balaban J connectivity index is 2.89. The molecule has 1 aromatic heterocycles. The van der Waals surface area contributed by atoms with Crippen molar-refractivity contribution in [1.82, 2.24) is 10.2 Å². The Morgan fingerprint density at radius 1 is 1.54 bits per heavy atom. The van der Waals surface area contributed by atoms with E-state index in [-0.39, 0.29) is 0 Å². The number of H-pyrrole nitrogens is 1. The Morgan fingerprint density at radius 3 is 3.00 bits per heavy atom. The van der Waals surface area contributed by atoms with Crippen LogP contribution in [0.5, 0.6) is 0 Å². The highest BCUT2D eigenvalue weighted by molar-refractivity contribution is 14.1. The van der Waals surface area contributed by atoms with Crippen LogP contribution in [0.3, 0.4) is 0 Å². The Hall–Kier alpha value is -0.910. The van der Waals surface area contributed by atoms with Crippen LogP contribution >= 0.6 is 22.6 Å². The van der Waals surface area contributed by atoms with E-state index in [2.05, 4.69) is 32.8 Å². The zero-order valence-corrected chi connectivity index (χ0v) is 9.12. The molecule has 4 heteroatoms. The second kappa shape index (κ2) is 3.10. The predicted octanol–water partition coefficient (Wildman–Crippen LogP) is 2.29. The summed E-state index contributed by atoms with van der Waals surface area (Å²) in [5.41, 5.74) is 2.49. The highest BCUT2D eigenvalue weighted by Gasteiger charge is 2.07. The molecule has 0 aliphatic heterocycles. The maximum absolute atomic E-state index is 10.6. The van der Waals surface area contributed by atoms with Gasteiger partial charge in [-0.25, -0.2) is 0 Å². The van der Waals surface area contributed by atoms with Gasteiger partial charge in [-0.15, -0.1) is 0 Å². The number of nitrogens with one attached hydrogen (secondary N) is 1. The quantitative estimate of drug-likeness (QED) is 0.645. The van der Waals surface area contributed by atoms with Gasteiger partial charge in [-0.2, -0.15) is 5.10 Å². The Kier molecular flexibility index (Phi) is 2.07. The van der Waals surface area contributed by atoms with Crippen molar-refractivity contribution in [2.75, 3.05) is 0 Å². The summed E-state index contributed by atoms with van der Waals surface area (Å²) in [6.45, 7) is 1.98. The molecule has 0 spiro atoms. The average molecular weight is 286 g/mol. The summed E-state index contributed by atoms with van der Waals surface area (Å²) in [5, 5.41) is 7.69. The van der Waals surface area contributed by atoms with Crippen LogP contribution in [0.1, 0.15) is 16.1 Å². The van der Waals surface area contributed by atoms with Crippen molar-refractivity contribution in [2.24, 2.45) is 0 Å². The molecular formula is C9H7IN2O. The molecule has 13 heavy (non-hydrogen) atoms. The summed E-state index contributed by atoms with van der Waals surface area (Å²) in [5.74, 6) is 0. The Morgan fingerprint density at radius 2 is 2.31 bits per heavy atom. The van der Waals surface area contributed by atoms with Crippen LogP contribution in [0.4, 0.5) is 0 Å². The second-order valence-electron chi connectivity index (χ2n) is 2.87. The van der Waals surface area contributed by atoms with Gasteiger partial charge in [0.1, 0.15) is 5.69 Å². The van der Waals surface area contributed by atoms with Crippen LogP contribution in [0.15, 0.2) is 12.1 Å². The first-order valence-electron chi connectivity index (χ1n) is 3.82. The molecule has 0 saturated carbocycles. The summed E-state index contributed by atoms with van der Waals surface area (Å²) in [6, 6.07) is 3.98. The van der Waals surface area contributed by atoms with Crippen LogP contribution in [0.25, 0.3) is 10.9 Å². The predicted molar refractivity (Wildman–Crippen MR) is 58.9 cm³/mol. The van der Waals surface area contributed by atoms with E-state index in [0.717, 1.165) is 26.3 Å². The fourth-order valence-corrected chi connectivity index (χ4v) is 2.19. The van der Waals surface area contributed by atoms with Crippen LogP contribution < -0.4 is 0 Å². The van der Waals surface area contributed by atoms with E-state index in [4.69, 9.17) is 0 Å². The van der Waals surface area contributed by atoms with Gasteiger partial charge >= 0.3 is 0 Å². The highest BCUT2D eigenvalue weighted by Crippen LogP contribution is 2.21. The van der Waals surface area contributed by atoms with Gasteiger partial charge in [0, 0.05) is 8.96 Å². The van der Waals surface area contributed by atoms with Crippen molar-refractivity contribution in [3.8, 4) is 0 Å². The summed E-state index contributed by atoms with van der Waals surface area (Å²) in [6.07, 6.45) is 0.801. The van der Waals surface area contributed by atoms with Gasteiger partial charge in [0.25, 0.3) is 0 Å². The van der Waals surface area contributed by atoms with Crippen LogP contribution in [-0.2, 0) is 0 Å². The molecule has 0 amide bonds. The molecule has 0 fully saturated rings. The maximum Gasteiger partial charge on any atom is 0.168 e. The molecular weight excluding hydrogens is 279 g/mol. The summed E-state index contributed by atoms with van der Waals surface area (Å²) >= 11 is 2.23. The summed E-state index contributed by atoms with van der Waals surface area (Å²) in [7, 11) is 0. The van der Waals surface area contributed by atoms with Crippen molar-refractivity contribution in [1.29, 1.82) is 0 Å². The number of aromatic nitrogens is 2. The monoisotopic (exact) mass is 286 g/mol. The molecule has 0 bridgehead atoms. The van der Waals surface area contributed by atoms with Gasteiger partial charge < -0.3 is 0 Å². The first-order chi connectivity index (χ1) is 6.22. The van der Waals surface area contributed by atoms with Crippen molar-refractivity contribution in [2.45, 2.75) is 6.92 Å². The van der Waals surface area contributed by atoms with Gasteiger partial charge in [-0.05, 0) is 47.2 Å². The average Bonchev–Trinajstić information content (AvgIpc) is 2.47. The minimum Gasteiger partial charge on any atom is -0.296 e. The highest BCUT2D eigenvalue weighted by atomic mass is 127. The molecule has 1 aromatic carbocycles. The minimum absolute atomic E-state index is 0.559. The molecule has 0 aliphatic carbocycles. The molecule has 0 aliphatic rings. The molecule has 3 nitrogen and oxygen atoms in total. The Labute approximate surface area is 88.7 Å². The minimum atomic E-state index is 0.559. The zero-order chi connectivity index (χ0) is 9.42. The maximum atomic E-state index is 10.6. The van der Waals surface area contributed by atoms with E-state index in [0.29, 0.717) is 5.69 Å². The number of aryl methyl sites for hydroxylation is 1. The molecule has 2 aromatic rings. The third kappa shape index (κ3) is 1.35. The van der Waals surface area contributed by atoms with E-state index >= 15 is 0 Å². The smallest absolute Gasteiger partial charge is 0.168 e. The van der Waals surface area contributed by atoms with Gasteiger partial charge in [0.05, 0.1) is 5.52 Å². The number of nitrogens with zero attached hydrogens (tertiary/aromatic N) is 1. The van der Waals surface area contributed by atoms with Crippen LogP contribution in [0, 0.1) is 10.5 Å². The largest absolute Gasteiger partial charge is 0.296 e. The van der Waals surface area contributed by atoms with Crippen molar-refractivity contribution >= 4 is 39.8 Å². The molecule has 0 saturated heterocycles. The standard InChI is InChI=1S/C9H7IN2O/c1-5-2-6(10)3-7-9(5)8(4-13)12-11-7/h2-4H,1H3,(H,11,12). The SMILES string of the molecule is Cc1cc(I)cc2n[nH]c(C=O)c12. The lowest BCUT2D eigenvalue weighted by atomic mass is 10.1. The lowest BCUT2D eigenvalue weighted by Crippen LogP contribution is -1.83. The Bertz CT molecular complexity index is 476. The van der Waals surface area contributed by atoms with Crippen LogP contribution in [-0.4, -0.2) is 16.5 Å². The van der Waals surface area contributed by atoms with E-state index in [1.807, 2.05) is 19.1 Å². The third-order valence-corrected chi connectivity index (χ3v) is 2.59. The van der Waals surface area contributed by atoms with Crippen molar-refractivity contribution in [3.05, 3.63) is 27.0 Å². The third-order valence-electron chi connectivity index (χ3n) is 1.96. The molecule has 66 valence electrons. The van der Waals surface area contributed by atoms with Gasteiger partial charge in [-0.1, -0.05) is 0 Å². The number of aldehydes is 1. The normalized spacial score (nSPS) is 10.6. The van der Waals surface area contributed by atoms with Gasteiger partial charge in [-0.3, -0.25) is 9.89 Å². The second-order valence-corrected chi connectivity index (χ2v) is 4.12. The van der Waals surface area contributed by atoms with Gasteiger partial charge in [0.15, 0.2) is 6.29 Å². The number of rotatable bonds is 1. The topological polar surface area (TPSA) is 45.8 Å². The number of carbonyl (C=O) groups excluding carboxylic acids is 1. The number of benzene rings is 1. The van der Waals surface area contributed by atoms with Crippen LogP contribution in [0.2, 0.25) is 0 Å². The van der Waals surface area contributed by atoms with Crippen molar-refractivity contribution < 1.29 is 4.79 Å². The van der Waals surface area contributed by atoms with Crippen molar-refractivity contribution in [3.63, 3.8) is 0 Å². The number of carbonyl (C=O) groups is 1. The first-order valence-corrected chi connectivity index (χ1v) is 4.89. The molecule has 2 rings (SSSR count). The number of halogens is 1. The summed E-state index contributed by atoms with van der Waals surface area (Å²) < 4.78 is 1.13. The first kappa shape index (κ1) is 8.68. The zero-order valence-electron chi connectivity index (χ0n) is 6.97. The van der Waals surface area contributed by atoms with Gasteiger partial charge in [0.2, 0.25) is 0 Å². The number of hydrogen-bond donors (Lipinski definition) is 1. The molecule has 0 radical (unpaired) electrons. The lowest BCUT2D eigenvalue weighted by Gasteiger charge is -1.96. The molecule has 1 heterocycles. The fraction of sp³-hybridized carbons (Fsp3) is 0.111. The number of fused-ring (bicyclic) bond motifs is 1. The lowest BCUT2D eigenvalue weighted by molar-refractivity contribution is 0.112.